The molecule has 2 unspecified atom stereocenters. The van der Waals surface area contributed by atoms with Crippen molar-refractivity contribution in [2.45, 2.75) is 33.7 Å². The topological polar surface area (TPSA) is 26.0 Å². The summed E-state index contributed by atoms with van der Waals surface area (Å²) in [5, 5.41) is 0. The first-order chi connectivity index (χ1) is 6.02. The van der Waals surface area contributed by atoms with E-state index in [1.165, 1.54) is 9.75 Å². The maximum atomic E-state index is 6.16. The Morgan fingerprint density at radius 2 is 1.85 bits per heavy atom. The van der Waals surface area contributed by atoms with Crippen LogP contribution in [0.5, 0.6) is 0 Å². The highest BCUT2D eigenvalue weighted by Crippen LogP contribution is 2.29. The molecule has 2 atom stereocenters. The first kappa shape index (κ1) is 10.7. The van der Waals surface area contributed by atoms with E-state index in [1.807, 2.05) is 11.3 Å². The monoisotopic (exact) mass is 197 g/mol. The standard InChI is InChI=1S/C11H19NS/c1-7(2)9(4)11(12)10-6-5-8(3)13-10/h5-7,9,11H,12H2,1-4H3. The lowest BCUT2D eigenvalue weighted by molar-refractivity contribution is 0.355. The van der Waals surface area contributed by atoms with Crippen molar-refractivity contribution in [3.05, 3.63) is 21.9 Å². The maximum absolute atomic E-state index is 6.16. The molecule has 0 aliphatic rings. The number of rotatable bonds is 3. The molecule has 0 saturated carbocycles. The molecule has 0 bridgehead atoms. The normalized spacial score (nSPS) is 16.2. The summed E-state index contributed by atoms with van der Waals surface area (Å²) >= 11 is 1.82. The average molecular weight is 197 g/mol. The van der Waals surface area contributed by atoms with Gasteiger partial charge in [0.15, 0.2) is 0 Å². The summed E-state index contributed by atoms with van der Waals surface area (Å²) in [7, 11) is 0. The van der Waals surface area contributed by atoms with Gasteiger partial charge in [0.1, 0.15) is 0 Å². The van der Waals surface area contributed by atoms with Gasteiger partial charge in [-0.1, -0.05) is 20.8 Å². The Kier molecular flexibility index (Phi) is 3.51. The molecule has 13 heavy (non-hydrogen) atoms. The van der Waals surface area contributed by atoms with Crippen molar-refractivity contribution in [1.82, 2.24) is 0 Å². The molecule has 2 heteroatoms. The summed E-state index contributed by atoms with van der Waals surface area (Å²) in [5.41, 5.74) is 6.16. The number of hydrogen-bond donors (Lipinski definition) is 1. The van der Waals surface area contributed by atoms with E-state index in [4.69, 9.17) is 5.73 Å². The number of nitrogens with two attached hydrogens (primary N) is 1. The van der Waals surface area contributed by atoms with Crippen LogP contribution in [0.3, 0.4) is 0 Å². The fourth-order valence-corrected chi connectivity index (χ4v) is 2.30. The van der Waals surface area contributed by atoms with Crippen LogP contribution in [0, 0.1) is 18.8 Å². The van der Waals surface area contributed by atoms with Crippen LogP contribution in [-0.4, -0.2) is 0 Å². The first-order valence-electron chi connectivity index (χ1n) is 4.84. The molecule has 2 N–H and O–H groups in total. The number of aryl methyl sites for hydroxylation is 1. The van der Waals surface area contributed by atoms with Gasteiger partial charge in [-0.05, 0) is 30.9 Å². The molecule has 0 aliphatic carbocycles. The zero-order valence-corrected chi connectivity index (χ0v) is 9.69. The van der Waals surface area contributed by atoms with Crippen LogP contribution >= 0.6 is 11.3 Å². The predicted octanol–water partition coefficient (Wildman–Crippen LogP) is 3.35. The molecule has 1 nitrogen and oxygen atoms in total. The quantitative estimate of drug-likeness (QED) is 0.790. The van der Waals surface area contributed by atoms with Crippen molar-refractivity contribution in [2.24, 2.45) is 17.6 Å². The van der Waals surface area contributed by atoms with Crippen molar-refractivity contribution in [1.29, 1.82) is 0 Å². The molecule has 1 aromatic heterocycles. The molecule has 1 rings (SSSR count). The molecule has 0 aromatic carbocycles. The Morgan fingerprint density at radius 1 is 1.23 bits per heavy atom. The van der Waals surface area contributed by atoms with Crippen LogP contribution in [0.2, 0.25) is 0 Å². The van der Waals surface area contributed by atoms with Crippen LogP contribution in [-0.2, 0) is 0 Å². The van der Waals surface area contributed by atoms with Crippen molar-refractivity contribution in [2.75, 3.05) is 0 Å². The number of thiophene rings is 1. The van der Waals surface area contributed by atoms with Crippen LogP contribution in [0.4, 0.5) is 0 Å². The van der Waals surface area contributed by atoms with E-state index < -0.39 is 0 Å². The highest BCUT2D eigenvalue weighted by molar-refractivity contribution is 7.12. The second-order valence-electron chi connectivity index (χ2n) is 4.08. The second-order valence-corrected chi connectivity index (χ2v) is 5.40. The summed E-state index contributed by atoms with van der Waals surface area (Å²) in [5.74, 6) is 1.20. The third kappa shape index (κ3) is 2.55. The number of hydrogen-bond acceptors (Lipinski definition) is 2. The highest BCUT2D eigenvalue weighted by atomic mass is 32.1. The van der Waals surface area contributed by atoms with Gasteiger partial charge in [-0.25, -0.2) is 0 Å². The molecule has 0 amide bonds. The van der Waals surface area contributed by atoms with Gasteiger partial charge in [0.05, 0.1) is 0 Å². The summed E-state index contributed by atoms with van der Waals surface area (Å²) in [6, 6.07) is 4.51. The molecule has 0 aliphatic heterocycles. The van der Waals surface area contributed by atoms with Gasteiger partial charge in [-0.15, -0.1) is 11.3 Å². The van der Waals surface area contributed by atoms with Gasteiger partial charge >= 0.3 is 0 Å². The summed E-state index contributed by atoms with van der Waals surface area (Å²) < 4.78 is 0. The van der Waals surface area contributed by atoms with Gasteiger partial charge in [0, 0.05) is 15.8 Å². The Hall–Kier alpha value is -0.340. The summed E-state index contributed by atoms with van der Waals surface area (Å²) in [4.78, 5) is 2.67. The third-order valence-electron chi connectivity index (χ3n) is 2.71. The fourth-order valence-electron chi connectivity index (χ4n) is 1.31. The van der Waals surface area contributed by atoms with E-state index in [0.717, 1.165) is 0 Å². The minimum Gasteiger partial charge on any atom is -0.323 e. The van der Waals surface area contributed by atoms with Crippen molar-refractivity contribution < 1.29 is 0 Å². The van der Waals surface area contributed by atoms with Gasteiger partial charge in [0.25, 0.3) is 0 Å². The van der Waals surface area contributed by atoms with Crippen LogP contribution < -0.4 is 5.73 Å². The van der Waals surface area contributed by atoms with E-state index in [9.17, 15) is 0 Å². The predicted molar refractivity (Wildman–Crippen MR) is 60.0 cm³/mol. The zero-order valence-electron chi connectivity index (χ0n) is 8.87. The fraction of sp³-hybridized carbons (Fsp3) is 0.636. The summed E-state index contributed by atoms with van der Waals surface area (Å²) in [6.07, 6.45) is 0. The molecule has 74 valence electrons. The summed E-state index contributed by atoms with van der Waals surface area (Å²) in [6.45, 7) is 8.81. The lowest BCUT2D eigenvalue weighted by Crippen LogP contribution is -2.22. The highest BCUT2D eigenvalue weighted by Gasteiger charge is 2.18. The Labute approximate surface area is 85.0 Å². The van der Waals surface area contributed by atoms with Gasteiger partial charge in [-0.2, -0.15) is 0 Å². The van der Waals surface area contributed by atoms with Crippen molar-refractivity contribution in [3.63, 3.8) is 0 Å². The Bertz CT molecular complexity index is 265. The molecule has 1 heterocycles. The maximum Gasteiger partial charge on any atom is 0.0418 e. The smallest absolute Gasteiger partial charge is 0.0418 e. The van der Waals surface area contributed by atoms with E-state index in [2.05, 4.69) is 39.8 Å². The van der Waals surface area contributed by atoms with Crippen molar-refractivity contribution >= 4 is 11.3 Å². The largest absolute Gasteiger partial charge is 0.323 e. The Balaban J connectivity index is 2.73. The SMILES string of the molecule is Cc1ccc(C(N)C(C)C(C)C)s1. The minimum atomic E-state index is 0.207. The molecule has 1 aromatic rings. The van der Waals surface area contributed by atoms with Crippen LogP contribution in [0.15, 0.2) is 12.1 Å². The molecule has 0 saturated heterocycles. The Morgan fingerprint density at radius 3 is 2.23 bits per heavy atom. The van der Waals surface area contributed by atoms with Crippen LogP contribution in [0.1, 0.15) is 36.6 Å². The molecule has 0 spiro atoms. The lowest BCUT2D eigenvalue weighted by Gasteiger charge is -2.22. The van der Waals surface area contributed by atoms with Crippen molar-refractivity contribution in [3.8, 4) is 0 Å². The van der Waals surface area contributed by atoms with E-state index in [-0.39, 0.29) is 6.04 Å². The lowest BCUT2D eigenvalue weighted by atomic mass is 9.90. The second kappa shape index (κ2) is 4.25. The van der Waals surface area contributed by atoms with E-state index in [0.29, 0.717) is 11.8 Å². The van der Waals surface area contributed by atoms with Gasteiger partial charge in [-0.3, -0.25) is 0 Å². The first-order valence-corrected chi connectivity index (χ1v) is 5.66. The van der Waals surface area contributed by atoms with E-state index >= 15 is 0 Å². The molecule has 0 radical (unpaired) electrons. The minimum absolute atomic E-state index is 0.207. The molecular weight excluding hydrogens is 178 g/mol. The molecule has 0 fully saturated rings. The average Bonchev–Trinajstić information content (AvgIpc) is 2.49. The van der Waals surface area contributed by atoms with E-state index in [1.54, 1.807) is 0 Å². The zero-order chi connectivity index (χ0) is 10.0. The molecular formula is C11H19NS. The third-order valence-corrected chi connectivity index (χ3v) is 3.81. The van der Waals surface area contributed by atoms with Gasteiger partial charge < -0.3 is 5.73 Å². The van der Waals surface area contributed by atoms with Gasteiger partial charge in [0.2, 0.25) is 0 Å². The van der Waals surface area contributed by atoms with Crippen LogP contribution in [0.25, 0.3) is 0 Å².